The summed E-state index contributed by atoms with van der Waals surface area (Å²) in [6.45, 7) is 5.77. The Bertz CT molecular complexity index is 244. The molecule has 0 aromatic carbocycles. The highest BCUT2D eigenvalue weighted by Crippen LogP contribution is 2.19. The smallest absolute Gasteiger partial charge is 0.0856 e. The SMILES string of the molecule is C[C](c1cscn1)N1CCOCC1. The number of morpholine rings is 1. The van der Waals surface area contributed by atoms with E-state index in [1.807, 2.05) is 5.51 Å². The fraction of sp³-hybridized carbons (Fsp3) is 0.556. The van der Waals surface area contributed by atoms with Crippen LogP contribution in [0, 0.1) is 6.04 Å². The molecule has 1 aromatic heterocycles. The minimum absolute atomic E-state index is 0.835. The van der Waals surface area contributed by atoms with E-state index in [2.05, 4.69) is 22.2 Å². The van der Waals surface area contributed by atoms with Crippen molar-refractivity contribution in [1.29, 1.82) is 0 Å². The van der Waals surface area contributed by atoms with E-state index in [1.54, 1.807) is 11.3 Å². The molecule has 3 nitrogen and oxygen atoms in total. The fourth-order valence-electron chi connectivity index (χ4n) is 1.45. The summed E-state index contributed by atoms with van der Waals surface area (Å²) in [5.41, 5.74) is 2.98. The highest BCUT2D eigenvalue weighted by molar-refractivity contribution is 7.07. The van der Waals surface area contributed by atoms with Crippen LogP contribution in [0.5, 0.6) is 0 Å². The van der Waals surface area contributed by atoms with Crippen LogP contribution >= 0.6 is 11.3 Å². The van der Waals surface area contributed by atoms with Gasteiger partial charge in [0.2, 0.25) is 0 Å². The van der Waals surface area contributed by atoms with Gasteiger partial charge in [0.15, 0.2) is 0 Å². The van der Waals surface area contributed by atoms with E-state index in [0.717, 1.165) is 32.0 Å². The predicted molar refractivity (Wildman–Crippen MR) is 52.5 cm³/mol. The van der Waals surface area contributed by atoms with Crippen LogP contribution in [0.15, 0.2) is 10.9 Å². The zero-order chi connectivity index (χ0) is 9.10. The monoisotopic (exact) mass is 197 g/mol. The molecule has 2 rings (SSSR count). The molecular formula is C9H13N2OS. The maximum Gasteiger partial charge on any atom is 0.0856 e. The zero-order valence-corrected chi connectivity index (χ0v) is 8.51. The molecule has 1 radical (unpaired) electrons. The summed E-state index contributed by atoms with van der Waals surface area (Å²) in [5, 5.41) is 2.09. The average Bonchev–Trinajstić information content (AvgIpc) is 2.71. The van der Waals surface area contributed by atoms with E-state index in [-0.39, 0.29) is 0 Å². The summed E-state index contributed by atoms with van der Waals surface area (Å²) >= 11 is 1.64. The number of nitrogens with zero attached hydrogens (tertiary/aromatic N) is 2. The van der Waals surface area contributed by atoms with E-state index in [4.69, 9.17) is 4.74 Å². The van der Waals surface area contributed by atoms with Gasteiger partial charge < -0.3 is 4.74 Å². The van der Waals surface area contributed by atoms with Crippen molar-refractivity contribution in [3.63, 3.8) is 0 Å². The van der Waals surface area contributed by atoms with Crippen molar-refractivity contribution in [2.75, 3.05) is 26.3 Å². The Labute approximate surface area is 82.3 Å². The minimum Gasteiger partial charge on any atom is -0.379 e. The molecule has 0 atom stereocenters. The lowest BCUT2D eigenvalue weighted by Gasteiger charge is -2.30. The third kappa shape index (κ3) is 2.07. The van der Waals surface area contributed by atoms with E-state index in [1.165, 1.54) is 6.04 Å². The standard InChI is InChI=1S/C9H13N2OS/c1-8(9-6-13-7-10-9)11-2-4-12-5-3-11/h6-7H,2-5H2,1H3. The highest BCUT2D eigenvalue weighted by atomic mass is 32.1. The van der Waals surface area contributed by atoms with E-state index >= 15 is 0 Å². The molecule has 0 amide bonds. The first kappa shape index (κ1) is 9.12. The molecule has 1 aromatic rings. The molecule has 0 aliphatic carbocycles. The van der Waals surface area contributed by atoms with Crippen molar-refractivity contribution in [2.24, 2.45) is 0 Å². The number of hydrogen-bond donors (Lipinski definition) is 0. The molecule has 1 aliphatic rings. The lowest BCUT2D eigenvalue weighted by molar-refractivity contribution is 0.0445. The van der Waals surface area contributed by atoms with E-state index in [9.17, 15) is 0 Å². The van der Waals surface area contributed by atoms with Crippen molar-refractivity contribution < 1.29 is 4.74 Å². The van der Waals surface area contributed by atoms with Crippen molar-refractivity contribution in [3.8, 4) is 0 Å². The summed E-state index contributed by atoms with van der Waals surface area (Å²) in [5.74, 6) is 0. The molecule has 4 heteroatoms. The summed E-state index contributed by atoms with van der Waals surface area (Å²) in [7, 11) is 0. The van der Waals surface area contributed by atoms with Gasteiger partial charge in [0.05, 0.1) is 30.5 Å². The van der Waals surface area contributed by atoms with Crippen LogP contribution < -0.4 is 0 Å². The molecule has 0 unspecified atom stereocenters. The van der Waals surface area contributed by atoms with E-state index < -0.39 is 0 Å². The molecule has 71 valence electrons. The number of hydrogen-bond acceptors (Lipinski definition) is 4. The lowest BCUT2D eigenvalue weighted by Crippen LogP contribution is -2.38. The Morgan fingerprint density at radius 1 is 1.54 bits per heavy atom. The Kier molecular flexibility index (Phi) is 2.93. The van der Waals surface area contributed by atoms with Crippen molar-refractivity contribution in [2.45, 2.75) is 6.92 Å². The van der Waals surface area contributed by atoms with Gasteiger partial charge in [-0.05, 0) is 6.92 Å². The Morgan fingerprint density at radius 3 is 2.92 bits per heavy atom. The normalized spacial score (nSPS) is 19.5. The van der Waals surface area contributed by atoms with Gasteiger partial charge >= 0.3 is 0 Å². The molecule has 2 heterocycles. The second kappa shape index (κ2) is 4.17. The summed E-state index contributed by atoms with van der Waals surface area (Å²) in [6, 6.07) is 1.27. The summed E-state index contributed by atoms with van der Waals surface area (Å²) in [4.78, 5) is 6.62. The molecule has 13 heavy (non-hydrogen) atoms. The first-order valence-electron chi connectivity index (χ1n) is 4.43. The molecule has 0 N–H and O–H groups in total. The second-order valence-corrected chi connectivity index (χ2v) is 3.78. The fourth-order valence-corrected chi connectivity index (χ4v) is 2.05. The predicted octanol–water partition coefficient (Wildman–Crippen LogP) is 1.38. The molecule has 0 bridgehead atoms. The first-order chi connectivity index (χ1) is 6.38. The van der Waals surface area contributed by atoms with E-state index in [0.29, 0.717) is 0 Å². The van der Waals surface area contributed by atoms with Crippen LogP contribution in [-0.4, -0.2) is 36.2 Å². The van der Waals surface area contributed by atoms with Gasteiger partial charge in [0.1, 0.15) is 0 Å². The minimum atomic E-state index is 0.835. The summed E-state index contributed by atoms with van der Waals surface area (Å²) in [6.07, 6.45) is 0. The van der Waals surface area contributed by atoms with Gasteiger partial charge in [-0.1, -0.05) is 0 Å². The first-order valence-corrected chi connectivity index (χ1v) is 5.37. The number of aromatic nitrogens is 1. The third-order valence-electron chi connectivity index (χ3n) is 2.29. The lowest BCUT2D eigenvalue weighted by atomic mass is 10.2. The third-order valence-corrected chi connectivity index (χ3v) is 2.87. The van der Waals surface area contributed by atoms with Crippen LogP contribution in [-0.2, 0) is 4.74 Å². The Balaban J connectivity index is 1.99. The average molecular weight is 197 g/mol. The number of rotatable bonds is 2. The zero-order valence-electron chi connectivity index (χ0n) is 7.69. The van der Waals surface area contributed by atoms with Gasteiger partial charge in [0.25, 0.3) is 0 Å². The topological polar surface area (TPSA) is 25.4 Å². The van der Waals surface area contributed by atoms with Crippen LogP contribution in [0.2, 0.25) is 0 Å². The molecule has 0 spiro atoms. The van der Waals surface area contributed by atoms with Crippen LogP contribution in [0.3, 0.4) is 0 Å². The molecular weight excluding hydrogens is 184 g/mol. The van der Waals surface area contributed by atoms with Crippen LogP contribution in [0.25, 0.3) is 0 Å². The Hall–Kier alpha value is -0.450. The molecule has 1 fully saturated rings. The number of ether oxygens (including phenoxy) is 1. The van der Waals surface area contributed by atoms with Gasteiger partial charge in [-0.25, -0.2) is 4.98 Å². The van der Waals surface area contributed by atoms with Crippen LogP contribution in [0.1, 0.15) is 12.6 Å². The quantitative estimate of drug-likeness (QED) is 0.716. The Morgan fingerprint density at radius 2 is 2.31 bits per heavy atom. The second-order valence-electron chi connectivity index (χ2n) is 3.06. The maximum absolute atomic E-state index is 5.29. The van der Waals surface area contributed by atoms with Crippen molar-refractivity contribution >= 4 is 11.3 Å². The van der Waals surface area contributed by atoms with Crippen LogP contribution in [0.4, 0.5) is 0 Å². The van der Waals surface area contributed by atoms with Gasteiger partial charge in [-0.15, -0.1) is 11.3 Å². The van der Waals surface area contributed by atoms with Gasteiger partial charge in [0, 0.05) is 18.5 Å². The maximum atomic E-state index is 5.29. The van der Waals surface area contributed by atoms with Crippen molar-refractivity contribution in [3.05, 3.63) is 22.6 Å². The summed E-state index contributed by atoms with van der Waals surface area (Å²) < 4.78 is 5.29. The molecule has 0 saturated carbocycles. The highest BCUT2D eigenvalue weighted by Gasteiger charge is 2.20. The van der Waals surface area contributed by atoms with Crippen molar-refractivity contribution in [1.82, 2.24) is 9.88 Å². The van der Waals surface area contributed by atoms with Gasteiger partial charge in [-0.2, -0.15) is 0 Å². The molecule has 1 aliphatic heterocycles. The largest absolute Gasteiger partial charge is 0.379 e. The molecule has 1 saturated heterocycles. The number of thiazole rings is 1. The van der Waals surface area contributed by atoms with Gasteiger partial charge in [-0.3, -0.25) is 4.90 Å².